The minimum Gasteiger partial charge on any atom is -0.493 e. The van der Waals surface area contributed by atoms with Crippen LogP contribution in [0.3, 0.4) is 0 Å². The van der Waals surface area contributed by atoms with E-state index in [9.17, 15) is 24.6 Å². The third-order valence-electron chi connectivity index (χ3n) is 4.88. The summed E-state index contributed by atoms with van der Waals surface area (Å²) in [4.78, 5) is 47.1. The molecule has 5 N–H and O–H groups in total. The fourth-order valence-corrected chi connectivity index (χ4v) is 4.44. The van der Waals surface area contributed by atoms with Gasteiger partial charge in [0.05, 0.1) is 10.3 Å². The van der Waals surface area contributed by atoms with Crippen LogP contribution in [0.1, 0.15) is 51.1 Å². The highest BCUT2D eigenvalue weighted by Gasteiger charge is 2.25. The van der Waals surface area contributed by atoms with Crippen molar-refractivity contribution in [3.63, 3.8) is 0 Å². The summed E-state index contributed by atoms with van der Waals surface area (Å²) in [6, 6.07) is 2.03. The lowest BCUT2D eigenvalue weighted by Gasteiger charge is -2.14. The molecule has 0 aliphatic heterocycles. The van der Waals surface area contributed by atoms with Gasteiger partial charge in [-0.25, -0.2) is 9.78 Å². The first-order valence-electron chi connectivity index (χ1n) is 9.72. The second-order valence-electron chi connectivity index (χ2n) is 7.14. The van der Waals surface area contributed by atoms with Crippen molar-refractivity contribution in [2.75, 3.05) is 0 Å². The summed E-state index contributed by atoms with van der Waals surface area (Å²) in [6.45, 7) is 5.47. The number of carbonyl (C=O) groups is 3. The number of aromatic amines is 1. The van der Waals surface area contributed by atoms with Crippen LogP contribution in [0, 0.1) is 6.92 Å². The summed E-state index contributed by atoms with van der Waals surface area (Å²) in [5.41, 5.74) is 1.24. The Balaban J connectivity index is 1.87. The first-order valence-corrected chi connectivity index (χ1v) is 10.5. The number of carboxylic acid groups (broad SMARTS) is 2. The zero-order chi connectivity index (χ0) is 23.4. The highest BCUT2D eigenvalue weighted by atomic mass is 32.1. The van der Waals surface area contributed by atoms with E-state index < -0.39 is 23.9 Å². The molecule has 0 aliphatic carbocycles. The van der Waals surface area contributed by atoms with E-state index in [0.29, 0.717) is 23.3 Å². The first kappa shape index (κ1) is 22.9. The Morgan fingerprint density at radius 1 is 1.28 bits per heavy atom. The third-order valence-corrected chi connectivity index (χ3v) is 6.07. The number of thiophene rings is 1. The molecule has 11 heteroatoms. The van der Waals surface area contributed by atoms with E-state index in [1.807, 2.05) is 0 Å². The van der Waals surface area contributed by atoms with Gasteiger partial charge in [-0.1, -0.05) is 6.08 Å². The van der Waals surface area contributed by atoms with E-state index in [1.165, 1.54) is 11.3 Å². The number of fused-ring (bicyclic) bond motifs is 1. The quantitative estimate of drug-likeness (QED) is 0.289. The number of amides is 1. The molecule has 3 aromatic heterocycles. The lowest BCUT2D eigenvalue weighted by molar-refractivity contribution is -0.140. The van der Waals surface area contributed by atoms with Gasteiger partial charge in [0.25, 0.3) is 5.91 Å². The molecule has 0 fully saturated rings. The maximum atomic E-state index is 12.6. The van der Waals surface area contributed by atoms with Crippen molar-refractivity contribution in [2.24, 2.45) is 0 Å². The molecule has 1 amide bonds. The Hall–Kier alpha value is -3.73. The SMILES string of the molecule is C=CCC(c1ccc(C(=O)N[C@@H](CCC(=O)O)C(=O)O)s1)c1c[nH]c2nc(C)nc(O)c12. The maximum absolute atomic E-state index is 12.6. The van der Waals surface area contributed by atoms with Gasteiger partial charge < -0.3 is 25.6 Å². The number of aliphatic carboxylic acids is 2. The number of aromatic nitrogens is 3. The number of hydrogen-bond donors (Lipinski definition) is 5. The van der Waals surface area contributed by atoms with Crippen molar-refractivity contribution in [2.45, 2.75) is 38.1 Å². The average Bonchev–Trinajstić information content (AvgIpc) is 3.36. The van der Waals surface area contributed by atoms with Gasteiger partial charge in [0.15, 0.2) is 0 Å². The molecule has 0 aromatic carbocycles. The molecule has 168 valence electrons. The van der Waals surface area contributed by atoms with E-state index in [0.717, 1.165) is 10.4 Å². The van der Waals surface area contributed by atoms with E-state index in [2.05, 4.69) is 26.8 Å². The van der Waals surface area contributed by atoms with Crippen molar-refractivity contribution < 1.29 is 29.7 Å². The van der Waals surface area contributed by atoms with E-state index >= 15 is 0 Å². The Kier molecular flexibility index (Phi) is 6.89. The number of nitrogens with zero attached hydrogens (tertiary/aromatic N) is 2. The molecule has 10 nitrogen and oxygen atoms in total. The summed E-state index contributed by atoms with van der Waals surface area (Å²) in [6.07, 6.45) is 3.37. The number of H-pyrrole nitrogens is 1. The average molecular weight is 458 g/mol. The van der Waals surface area contributed by atoms with Gasteiger partial charge in [-0.15, -0.1) is 17.9 Å². The number of carbonyl (C=O) groups excluding carboxylic acids is 1. The molecule has 3 heterocycles. The lowest BCUT2D eigenvalue weighted by atomic mass is 9.94. The predicted molar refractivity (Wildman–Crippen MR) is 117 cm³/mol. The minimum absolute atomic E-state index is 0.143. The van der Waals surface area contributed by atoms with Gasteiger partial charge in [-0.3, -0.25) is 9.59 Å². The molecular formula is C21H22N4O6S. The number of allylic oxidation sites excluding steroid dienone is 1. The van der Waals surface area contributed by atoms with Gasteiger partial charge in [0, 0.05) is 23.4 Å². The molecule has 2 atom stereocenters. The van der Waals surface area contributed by atoms with Crippen LogP contribution in [0.2, 0.25) is 0 Å². The van der Waals surface area contributed by atoms with Crippen molar-refractivity contribution in [1.82, 2.24) is 20.3 Å². The van der Waals surface area contributed by atoms with Crippen LogP contribution >= 0.6 is 11.3 Å². The predicted octanol–water partition coefficient (Wildman–Crippen LogP) is 2.79. The summed E-state index contributed by atoms with van der Waals surface area (Å²) < 4.78 is 0. The Morgan fingerprint density at radius 3 is 2.69 bits per heavy atom. The number of nitrogens with one attached hydrogen (secondary N) is 2. The van der Waals surface area contributed by atoms with Crippen LogP contribution in [-0.4, -0.2) is 54.2 Å². The number of carboxylic acids is 2. The molecule has 0 spiro atoms. The van der Waals surface area contributed by atoms with Gasteiger partial charge in [-0.2, -0.15) is 4.98 Å². The summed E-state index contributed by atoms with van der Waals surface area (Å²) >= 11 is 1.18. The van der Waals surface area contributed by atoms with E-state index in [4.69, 9.17) is 5.11 Å². The van der Waals surface area contributed by atoms with Crippen molar-refractivity contribution in [1.29, 1.82) is 0 Å². The fraction of sp³-hybridized carbons (Fsp3) is 0.286. The second-order valence-corrected chi connectivity index (χ2v) is 8.25. The Morgan fingerprint density at radius 2 is 2.03 bits per heavy atom. The number of hydrogen-bond acceptors (Lipinski definition) is 7. The van der Waals surface area contributed by atoms with Crippen LogP contribution < -0.4 is 5.32 Å². The lowest BCUT2D eigenvalue weighted by Crippen LogP contribution is -2.40. The monoisotopic (exact) mass is 458 g/mol. The molecule has 0 radical (unpaired) electrons. The summed E-state index contributed by atoms with van der Waals surface area (Å²) in [7, 11) is 0. The topological polar surface area (TPSA) is 165 Å². The number of aryl methyl sites for hydroxylation is 1. The standard InChI is InChI=1S/C21H22N4O6S/c1-3-4-11(12-9-22-18-17(12)20(29)24-10(2)23-18)14-6-7-15(32-14)19(28)25-13(21(30)31)5-8-16(26)27/h3,6-7,9,11,13H,1,4-5,8H2,2H3,(H,25,28)(H,26,27)(H,30,31)(H2,22,23,24,29)/t11?,13-/m0/s1. The highest BCUT2D eigenvalue weighted by molar-refractivity contribution is 7.14. The van der Waals surface area contributed by atoms with Crippen LogP contribution in [0.5, 0.6) is 5.88 Å². The number of aromatic hydroxyl groups is 1. The second kappa shape index (κ2) is 9.60. The molecule has 3 rings (SSSR count). The van der Waals surface area contributed by atoms with Crippen molar-refractivity contribution in [3.8, 4) is 5.88 Å². The molecule has 32 heavy (non-hydrogen) atoms. The molecule has 3 aromatic rings. The Bertz CT molecular complexity index is 1180. The Labute approximate surface area is 186 Å². The minimum atomic E-state index is -1.31. The maximum Gasteiger partial charge on any atom is 0.326 e. The molecule has 0 bridgehead atoms. The van der Waals surface area contributed by atoms with E-state index in [1.54, 1.807) is 31.3 Å². The van der Waals surface area contributed by atoms with Gasteiger partial charge in [0.2, 0.25) is 5.88 Å². The van der Waals surface area contributed by atoms with Crippen LogP contribution in [0.4, 0.5) is 0 Å². The zero-order valence-electron chi connectivity index (χ0n) is 17.2. The number of rotatable bonds is 10. The van der Waals surface area contributed by atoms with Gasteiger partial charge >= 0.3 is 11.9 Å². The normalized spacial score (nSPS) is 12.9. The van der Waals surface area contributed by atoms with Crippen LogP contribution in [0.15, 0.2) is 31.0 Å². The molecule has 0 saturated carbocycles. The van der Waals surface area contributed by atoms with Crippen molar-refractivity contribution >= 4 is 40.2 Å². The van der Waals surface area contributed by atoms with Gasteiger partial charge in [0.1, 0.15) is 17.5 Å². The van der Waals surface area contributed by atoms with Gasteiger partial charge in [-0.05, 0) is 37.5 Å². The molecular weight excluding hydrogens is 436 g/mol. The summed E-state index contributed by atoms with van der Waals surface area (Å²) in [5, 5.41) is 31.3. The first-order chi connectivity index (χ1) is 15.2. The third kappa shape index (κ3) is 4.94. The molecule has 1 unspecified atom stereocenters. The molecule has 0 saturated heterocycles. The smallest absolute Gasteiger partial charge is 0.326 e. The van der Waals surface area contributed by atoms with Crippen LogP contribution in [0.25, 0.3) is 11.0 Å². The van der Waals surface area contributed by atoms with E-state index in [-0.39, 0.29) is 29.5 Å². The largest absolute Gasteiger partial charge is 0.493 e. The summed E-state index contributed by atoms with van der Waals surface area (Å²) in [5.74, 6) is -3.00. The highest BCUT2D eigenvalue weighted by Crippen LogP contribution is 2.39. The zero-order valence-corrected chi connectivity index (χ0v) is 18.0. The van der Waals surface area contributed by atoms with Crippen LogP contribution in [-0.2, 0) is 9.59 Å². The molecule has 0 aliphatic rings. The van der Waals surface area contributed by atoms with Crippen molar-refractivity contribution in [3.05, 3.63) is 52.1 Å². The fourth-order valence-electron chi connectivity index (χ4n) is 3.40.